The molecule has 1 aromatic carbocycles. The number of aryl methyl sites for hydroxylation is 1. The fourth-order valence-electron chi connectivity index (χ4n) is 5.03. The van der Waals surface area contributed by atoms with Gasteiger partial charge in [0.15, 0.2) is 0 Å². The van der Waals surface area contributed by atoms with E-state index in [1.807, 2.05) is 16.0 Å². The molecule has 0 aliphatic carbocycles. The van der Waals surface area contributed by atoms with Gasteiger partial charge in [0.1, 0.15) is 0 Å². The lowest BCUT2D eigenvalue weighted by Gasteiger charge is -2.39. The van der Waals surface area contributed by atoms with Crippen LogP contribution in [0.15, 0.2) is 48.8 Å². The van der Waals surface area contributed by atoms with Gasteiger partial charge in [0.2, 0.25) is 0 Å². The first-order valence-electron chi connectivity index (χ1n) is 12.5. The third-order valence-corrected chi connectivity index (χ3v) is 10.2. The Labute approximate surface area is 214 Å². The Morgan fingerprint density at radius 2 is 1.34 bits per heavy atom. The number of nitrogens with zero attached hydrogens (tertiary/aromatic N) is 4. The molecule has 0 unspecified atom stereocenters. The summed E-state index contributed by atoms with van der Waals surface area (Å²) >= 11 is 1.92. The summed E-state index contributed by atoms with van der Waals surface area (Å²) < 4.78 is 4.14. The summed E-state index contributed by atoms with van der Waals surface area (Å²) in [5.74, 6) is 0. The number of rotatable bonds is 0. The molecule has 184 valence electrons. The Morgan fingerprint density at radius 1 is 0.771 bits per heavy atom. The maximum Gasteiger partial charge on any atom is 0.0793 e. The zero-order valence-electron chi connectivity index (χ0n) is 22.8. The summed E-state index contributed by atoms with van der Waals surface area (Å²) in [6, 6.07) is 13.6. The van der Waals surface area contributed by atoms with Crippen LogP contribution in [0, 0.1) is 6.92 Å². The van der Waals surface area contributed by atoms with Gasteiger partial charge < -0.3 is 0 Å². The molecule has 0 atom stereocenters. The van der Waals surface area contributed by atoms with Crippen molar-refractivity contribution in [2.24, 2.45) is 0 Å². The van der Waals surface area contributed by atoms with E-state index in [4.69, 9.17) is 10.2 Å². The van der Waals surface area contributed by atoms with Gasteiger partial charge in [-0.3, -0.25) is 0 Å². The largest absolute Gasteiger partial charge is 0.241 e. The zero-order valence-corrected chi connectivity index (χ0v) is 23.6. The van der Waals surface area contributed by atoms with Crippen LogP contribution >= 0.6 is 11.3 Å². The van der Waals surface area contributed by atoms with Crippen molar-refractivity contribution in [1.82, 2.24) is 19.6 Å². The van der Waals surface area contributed by atoms with Crippen LogP contribution < -0.4 is 0 Å². The zero-order chi connectivity index (χ0) is 25.6. The van der Waals surface area contributed by atoms with E-state index in [1.54, 1.807) is 0 Å². The third-order valence-electron chi connectivity index (χ3n) is 8.33. The quantitative estimate of drug-likeness (QED) is 0.256. The summed E-state index contributed by atoms with van der Waals surface area (Å²) in [7, 11) is 0. The summed E-state index contributed by atoms with van der Waals surface area (Å²) in [6.45, 7) is 22.9. The van der Waals surface area contributed by atoms with Crippen molar-refractivity contribution in [2.75, 3.05) is 0 Å². The molecular weight excluding hydrogens is 448 g/mol. The first kappa shape index (κ1) is 24.1. The Bertz CT molecular complexity index is 1420. The van der Waals surface area contributed by atoms with E-state index >= 15 is 0 Å². The summed E-state index contributed by atoms with van der Waals surface area (Å²) in [5, 5.41) is 10.3. The molecule has 3 aromatic heterocycles. The molecule has 8 bridgehead atoms. The predicted molar refractivity (Wildman–Crippen MR) is 147 cm³/mol. The lowest BCUT2D eigenvalue weighted by Crippen LogP contribution is -2.41. The van der Waals surface area contributed by atoms with Gasteiger partial charge in [-0.25, -0.2) is 9.36 Å². The average Bonchev–Trinajstić information content (AvgIpc) is 3.51. The normalized spacial score (nSPS) is 18.1. The van der Waals surface area contributed by atoms with E-state index in [9.17, 15) is 0 Å². The van der Waals surface area contributed by atoms with Crippen molar-refractivity contribution in [2.45, 2.75) is 90.9 Å². The standard InChI is InChI=1S/C30H38N4S/c1-19-15-20-17-21(16-19)33-13-11-23(31-33)29(7,8)30(9,10)24-12-14-34(32-24)22-18-25(28(20,5)6)35-26(22)27(2,3)4/h11-18H,1-10H3. The van der Waals surface area contributed by atoms with Crippen molar-refractivity contribution in [3.8, 4) is 11.4 Å². The van der Waals surface area contributed by atoms with Crippen LogP contribution in [-0.4, -0.2) is 19.6 Å². The molecule has 0 spiro atoms. The summed E-state index contributed by atoms with van der Waals surface area (Å²) in [4.78, 5) is 2.71. The Balaban J connectivity index is 1.86. The van der Waals surface area contributed by atoms with E-state index in [0.717, 1.165) is 17.1 Å². The van der Waals surface area contributed by atoms with Crippen molar-refractivity contribution < 1.29 is 0 Å². The van der Waals surface area contributed by atoms with Gasteiger partial charge in [-0.2, -0.15) is 10.2 Å². The molecule has 1 aliphatic heterocycles. The SMILES string of the molecule is Cc1cc2cc(c1)C(C)(C)c1cc(c(C(C)(C)C)s1)-n1ccc(n1)C(C)(C)C(C)(C)c1ccn-2n1. The topological polar surface area (TPSA) is 35.6 Å². The smallest absolute Gasteiger partial charge is 0.0793 e. The van der Waals surface area contributed by atoms with Crippen LogP contribution in [0.5, 0.6) is 0 Å². The molecule has 0 saturated heterocycles. The minimum Gasteiger partial charge on any atom is -0.241 e. The number of thiophene rings is 1. The molecule has 0 radical (unpaired) electrons. The van der Waals surface area contributed by atoms with Gasteiger partial charge in [-0.15, -0.1) is 11.3 Å². The van der Waals surface area contributed by atoms with Crippen molar-refractivity contribution in [1.29, 1.82) is 0 Å². The van der Waals surface area contributed by atoms with Crippen LogP contribution in [0.25, 0.3) is 11.4 Å². The van der Waals surface area contributed by atoms with Crippen LogP contribution in [0.3, 0.4) is 0 Å². The molecule has 4 heterocycles. The van der Waals surface area contributed by atoms with E-state index in [-0.39, 0.29) is 21.7 Å². The second-order valence-corrected chi connectivity index (χ2v) is 13.9. The van der Waals surface area contributed by atoms with E-state index in [1.165, 1.54) is 26.6 Å². The number of fused-ring (bicyclic) bond motifs is 10. The van der Waals surface area contributed by atoms with Gasteiger partial charge >= 0.3 is 0 Å². The molecule has 4 nitrogen and oxygen atoms in total. The molecule has 35 heavy (non-hydrogen) atoms. The Hall–Kier alpha value is -2.66. The van der Waals surface area contributed by atoms with Crippen molar-refractivity contribution >= 4 is 11.3 Å². The average molecular weight is 487 g/mol. The number of benzene rings is 1. The second kappa shape index (κ2) is 7.42. The fourth-order valence-corrected chi connectivity index (χ4v) is 6.35. The lowest BCUT2D eigenvalue weighted by molar-refractivity contribution is 0.286. The molecule has 4 aromatic rings. The van der Waals surface area contributed by atoms with Crippen molar-refractivity contribution in [3.63, 3.8) is 0 Å². The fraction of sp³-hybridized carbons (Fsp3) is 0.467. The van der Waals surface area contributed by atoms with E-state index in [2.05, 4.69) is 123 Å². The maximum atomic E-state index is 5.19. The second-order valence-electron chi connectivity index (χ2n) is 12.8. The van der Waals surface area contributed by atoms with Crippen LogP contribution in [-0.2, 0) is 21.7 Å². The molecule has 5 heteroatoms. The predicted octanol–water partition coefficient (Wildman–Crippen LogP) is 7.62. The Morgan fingerprint density at radius 3 is 1.94 bits per heavy atom. The molecule has 0 N–H and O–H groups in total. The summed E-state index contributed by atoms with van der Waals surface area (Å²) in [6.07, 6.45) is 4.24. The minimum atomic E-state index is -0.227. The molecule has 0 saturated carbocycles. The molecule has 1 aliphatic rings. The summed E-state index contributed by atoms with van der Waals surface area (Å²) in [5.41, 5.74) is 6.40. The van der Waals surface area contributed by atoms with Gasteiger partial charge in [-0.1, -0.05) is 68.4 Å². The number of hydrogen-bond acceptors (Lipinski definition) is 3. The van der Waals surface area contributed by atoms with Gasteiger partial charge in [0.25, 0.3) is 0 Å². The first-order chi connectivity index (χ1) is 16.1. The minimum absolute atomic E-state index is 0.0158. The lowest BCUT2D eigenvalue weighted by atomic mass is 9.64. The molecular formula is C30H38N4S. The van der Waals surface area contributed by atoms with E-state index < -0.39 is 0 Å². The van der Waals surface area contributed by atoms with Crippen LogP contribution in [0.1, 0.15) is 94.6 Å². The highest BCUT2D eigenvalue weighted by Crippen LogP contribution is 2.46. The number of aromatic nitrogens is 4. The van der Waals surface area contributed by atoms with Crippen molar-refractivity contribution in [3.05, 3.63) is 81.1 Å². The number of hydrogen-bond donors (Lipinski definition) is 0. The highest BCUT2D eigenvalue weighted by atomic mass is 32.1. The third kappa shape index (κ3) is 3.62. The van der Waals surface area contributed by atoms with Crippen LogP contribution in [0.4, 0.5) is 0 Å². The van der Waals surface area contributed by atoms with Crippen LogP contribution in [0.2, 0.25) is 0 Å². The van der Waals surface area contributed by atoms with E-state index in [0.29, 0.717) is 0 Å². The Kier molecular flexibility index (Phi) is 5.10. The first-order valence-corrected chi connectivity index (χ1v) is 13.3. The monoisotopic (exact) mass is 486 g/mol. The molecule has 0 amide bonds. The van der Waals surface area contributed by atoms with Gasteiger partial charge in [0.05, 0.1) is 22.8 Å². The highest BCUT2D eigenvalue weighted by molar-refractivity contribution is 7.12. The van der Waals surface area contributed by atoms with Gasteiger partial charge in [-0.05, 0) is 53.8 Å². The molecule has 0 fully saturated rings. The maximum absolute atomic E-state index is 5.19. The highest BCUT2D eigenvalue weighted by Gasteiger charge is 2.43. The molecule has 5 rings (SSSR count). The van der Waals surface area contributed by atoms with Gasteiger partial charge in [0, 0.05) is 38.4 Å².